The molecule has 1 aromatic carbocycles. The quantitative estimate of drug-likeness (QED) is 0.422. The molecule has 1 aliphatic rings. The number of nitrogens with zero attached hydrogens (tertiary/aromatic N) is 6. The molecular formula is C26H31N7O2. The molecular weight excluding hydrogens is 442 g/mol. The van der Waals surface area contributed by atoms with Crippen LogP contribution in [0.1, 0.15) is 12.5 Å². The Morgan fingerprint density at radius 1 is 1.14 bits per heavy atom. The van der Waals surface area contributed by atoms with Crippen LogP contribution in [0.25, 0.3) is 17.0 Å². The Kier molecular flexibility index (Phi) is 6.52. The van der Waals surface area contributed by atoms with Crippen LogP contribution in [0.3, 0.4) is 0 Å². The lowest BCUT2D eigenvalue weighted by Crippen LogP contribution is -2.52. The van der Waals surface area contributed by atoms with Crippen LogP contribution in [0, 0.1) is 6.92 Å². The highest BCUT2D eigenvalue weighted by Gasteiger charge is 2.24. The minimum atomic E-state index is 0.193. The van der Waals surface area contributed by atoms with Gasteiger partial charge in [-0.25, -0.2) is 15.0 Å². The zero-order valence-electron chi connectivity index (χ0n) is 20.3. The summed E-state index contributed by atoms with van der Waals surface area (Å²) in [5, 5.41) is 12.6. The fraction of sp³-hybridized carbons (Fsp3) is 0.346. The van der Waals surface area contributed by atoms with E-state index in [9.17, 15) is 5.11 Å². The van der Waals surface area contributed by atoms with Crippen molar-refractivity contribution >= 4 is 23.0 Å². The lowest BCUT2D eigenvalue weighted by atomic mass is 10.1. The Morgan fingerprint density at radius 2 is 2.03 bits per heavy atom. The van der Waals surface area contributed by atoms with E-state index < -0.39 is 0 Å². The van der Waals surface area contributed by atoms with Crippen LogP contribution in [0.5, 0.6) is 5.75 Å². The van der Waals surface area contributed by atoms with Gasteiger partial charge in [0.15, 0.2) is 0 Å². The second kappa shape index (κ2) is 9.89. The van der Waals surface area contributed by atoms with Gasteiger partial charge < -0.3 is 20.1 Å². The van der Waals surface area contributed by atoms with E-state index in [-0.39, 0.29) is 6.61 Å². The number of hydrogen-bond donors (Lipinski definition) is 2. The number of piperazine rings is 1. The molecule has 0 aliphatic carbocycles. The van der Waals surface area contributed by atoms with Crippen LogP contribution in [-0.2, 0) is 0 Å². The summed E-state index contributed by atoms with van der Waals surface area (Å²) in [5.41, 5.74) is 5.50. The van der Waals surface area contributed by atoms with E-state index in [0.717, 1.165) is 65.9 Å². The lowest BCUT2D eigenvalue weighted by molar-refractivity contribution is 0.146. The highest BCUT2D eigenvalue weighted by atomic mass is 16.5. The maximum atomic E-state index is 9.28. The third kappa shape index (κ3) is 4.65. The first kappa shape index (κ1) is 23.1. The molecule has 182 valence electrons. The molecule has 1 atom stereocenters. The molecule has 0 spiro atoms. The van der Waals surface area contributed by atoms with Gasteiger partial charge in [-0.1, -0.05) is 6.07 Å². The first-order valence-electron chi connectivity index (χ1n) is 11.9. The van der Waals surface area contributed by atoms with Crippen LogP contribution in [0.15, 0.2) is 55.0 Å². The van der Waals surface area contributed by atoms with E-state index in [0.29, 0.717) is 12.0 Å². The molecule has 1 unspecified atom stereocenters. The van der Waals surface area contributed by atoms with Crippen molar-refractivity contribution in [2.45, 2.75) is 19.9 Å². The number of aromatic nitrogens is 4. The fourth-order valence-corrected chi connectivity index (χ4v) is 4.66. The van der Waals surface area contributed by atoms with Crippen molar-refractivity contribution in [2.75, 3.05) is 50.1 Å². The van der Waals surface area contributed by atoms with Crippen molar-refractivity contribution in [3.63, 3.8) is 0 Å². The molecule has 9 heteroatoms. The summed E-state index contributed by atoms with van der Waals surface area (Å²) in [7, 11) is 1.67. The number of hydrogen-bond acceptors (Lipinski definition) is 8. The third-order valence-electron chi connectivity index (χ3n) is 6.58. The minimum absolute atomic E-state index is 0.193. The fourth-order valence-electron chi connectivity index (χ4n) is 4.66. The summed E-state index contributed by atoms with van der Waals surface area (Å²) in [6, 6.07) is 12.5. The summed E-state index contributed by atoms with van der Waals surface area (Å²) in [6.07, 6.45) is 5.64. The number of imidazole rings is 1. The second-order valence-electron chi connectivity index (χ2n) is 8.86. The van der Waals surface area contributed by atoms with Crippen molar-refractivity contribution in [3.8, 4) is 17.1 Å². The minimum Gasteiger partial charge on any atom is -0.494 e. The number of methoxy groups -OCH3 is 1. The summed E-state index contributed by atoms with van der Waals surface area (Å²) >= 11 is 0. The first-order valence-corrected chi connectivity index (χ1v) is 11.9. The normalized spacial score (nSPS) is 16.6. The number of aliphatic hydroxyl groups excluding tert-OH is 1. The maximum absolute atomic E-state index is 9.28. The second-order valence-corrected chi connectivity index (χ2v) is 8.86. The molecule has 0 bridgehead atoms. The summed E-state index contributed by atoms with van der Waals surface area (Å²) in [6.45, 7) is 7.84. The molecule has 4 aromatic rings. The van der Waals surface area contributed by atoms with Crippen molar-refractivity contribution in [1.82, 2.24) is 24.3 Å². The molecule has 1 fully saturated rings. The number of aliphatic hydroxyl groups is 1. The smallest absolute Gasteiger partial charge is 0.227 e. The van der Waals surface area contributed by atoms with E-state index in [1.807, 2.05) is 54.2 Å². The Morgan fingerprint density at radius 3 is 2.83 bits per heavy atom. The van der Waals surface area contributed by atoms with Gasteiger partial charge in [-0.05, 0) is 43.7 Å². The number of ether oxygens (including phenoxy) is 1. The Bertz CT molecular complexity index is 1320. The number of β-amino-alcohol motifs (C(OH)–C–C–N with tert-alkyl or cyclic N) is 1. The van der Waals surface area contributed by atoms with Gasteiger partial charge in [0.2, 0.25) is 5.95 Å². The molecule has 1 saturated heterocycles. The van der Waals surface area contributed by atoms with Gasteiger partial charge in [0.1, 0.15) is 11.4 Å². The summed E-state index contributed by atoms with van der Waals surface area (Å²) in [4.78, 5) is 18.5. The van der Waals surface area contributed by atoms with Gasteiger partial charge in [-0.2, -0.15) is 0 Å². The number of pyridine rings is 1. The zero-order chi connectivity index (χ0) is 24.4. The summed E-state index contributed by atoms with van der Waals surface area (Å²) < 4.78 is 7.74. The Balaban J connectivity index is 1.38. The van der Waals surface area contributed by atoms with E-state index in [1.165, 1.54) is 0 Å². The van der Waals surface area contributed by atoms with Crippen LogP contribution < -0.4 is 15.0 Å². The number of aryl methyl sites for hydroxylation is 1. The van der Waals surface area contributed by atoms with Crippen LogP contribution in [0.2, 0.25) is 0 Å². The Labute approximate surface area is 205 Å². The Hall–Kier alpha value is -3.69. The molecule has 2 N–H and O–H groups in total. The molecule has 5 rings (SSSR count). The van der Waals surface area contributed by atoms with Crippen LogP contribution in [0.4, 0.5) is 17.3 Å². The number of nitrogens with one attached hydrogen (secondary N) is 1. The molecule has 9 nitrogen and oxygen atoms in total. The van der Waals surface area contributed by atoms with E-state index in [4.69, 9.17) is 9.72 Å². The average molecular weight is 474 g/mol. The van der Waals surface area contributed by atoms with Crippen molar-refractivity contribution in [1.29, 1.82) is 0 Å². The van der Waals surface area contributed by atoms with Crippen molar-refractivity contribution < 1.29 is 9.84 Å². The monoisotopic (exact) mass is 473 g/mol. The number of anilines is 3. The topological polar surface area (TPSA) is 91.0 Å². The number of fused-ring (bicyclic) bond motifs is 1. The van der Waals surface area contributed by atoms with E-state index in [1.54, 1.807) is 7.11 Å². The van der Waals surface area contributed by atoms with Gasteiger partial charge in [-0.15, -0.1) is 0 Å². The SMILES string of the molecule is COc1cc(N2CCN(CCO)C(C)C2)ccc1Nc1ncc(C)c(-c2cnc3ccccn23)n1. The summed E-state index contributed by atoms with van der Waals surface area (Å²) in [5.74, 6) is 1.22. The first-order chi connectivity index (χ1) is 17.1. The van der Waals surface area contributed by atoms with Gasteiger partial charge >= 0.3 is 0 Å². The molecule has 0 amide bonds. The predicted octanol–water partition coefficient (Wildman–Crippen LogP) is 3.35. The zero-order valence-corrected chi connectivity index (χ0v) is 20.3. The standard InChI is InChI=1S/C26H31N7O2/c1-18-15-28-26(30-25(18)22-16-27-24-6-4-5-9-33(22)24)29-21-8-7-20(14-23(21)35-3)32-11-10-31(12-13-34)19(2)17-32/h4-9,14-16,19,34H,10-13,17H2,1-3H3,(H,28,29,30). The lowest BCUT2D eigenvalue weighted by Gasteiger charge is -2.40. The molecule has 35 heavy (non-hydrogen) atoms. The van der Waals surface area contributed by atoms with Gasteiger partial charge in [0, 0.05) is 56.4 Å². The molecule has 0 radical (unpaired) electrons. The van der Waals surface area contributed by atoms with Crippen molar-refractivity contribution in [2.24, 2.45) is 0 Å². The average Bonchev–Trinajstić information content (AvgIpc) is 3.31. The van der Waals surface area contributed by atoms with Crippen LogP contribution in [-0.4, -0.2) is 75.3 Å². The van der Waals surface area contributed by atoms with Crippen molar-refractivity contribution in [3.05, 3.63) is 60.6 Å². The van der Waals surface area contributed by atoms with Gasteiger partial charge in [0.25, 0.3) is 0 Å². The predicted molar refractivity (Wildman–Crippen MR) is 138 cm³/mol. The molecule has 4 heterocycles. The largest absolute Gasteiger partial charge is 0.494 e. The molecule has 0 saturated carbocycles. The number of benzene rings is 1. The van der Waals surface area contributed by atoms with Gasteiger partial charge in [-0.3, -0.25) is 9.30 Å². The highest BCUT2D eigenvalue weighted by Crippen LogP contribution is 2.33. The molecule has 3 aromatic heterocycles. The molecule has 1 aliphatic heterocycles. The van der Waals surface area contributed by atoms with E-state index in [2.05, 4.69) is 44.1 Å². The third-order valence-corrected chi connectivity index (χ3v) is 6.58. The highest BCUT2D eigenvalue weighted by molar-refractivity contribution is 5.70. The van der Waals surface area contributed by atoms with E-state index >= 15 is 0 Å². The number of rotatable bonds is 7. The maximum Gasteiger partial charge on any atom is 0.227 e. The van der Waals surface area contributed by atoms with Gasteiger partial charge in [0.05, 0.1) is 37.0 Å². The van der Waals surface area contributed by atoms with Crippen LogP contribution >= 0.6 is 0 Å².